The maximum Gasteiger partial charge on any atom is 0.319 e. The third-order valence-corrected chi connectivity index (χ3v) is 2.72. The van der Waals surface area contributed by atoms with Crippen molar-refractivity contribution in [1.29, 1.82) is 0 Å². The van der Waals surface area contributed by atoms with E-state index in [0.29, 0.717) is 23.9 Å². The fraction of sp³-hybridized carbons (Fsp3) is 0.833. The molecule has 2 amide bonds. The van der Waals surface area contributed by atoms with Gasteiger partial charge in [-0.2, -0.15) is 0 Å². The van der Waals surface area contributed by atoms with Crippen LogP contribution in [0.3, 0.4) is 0 Å². The van der Waals surface area contributed by atoms with Crippen LogP contribution >= 0.6 is 12.2 Å². The van der Waals surface area contributed by atoms with Crippen molar-refractivity contribution >= 4 is 23.2 Å². The van der Waals surface area contributed by atoms with Crippen LogP contribution < -0.4 is 5.73 Å². The van der Waals surface area contributed by atoms with Crippen LogP contribution in [0.1, 0.15) is 34.1 Å². The Kier molecular flexibility index (Phi) is 7.87. The highest BCUT2D eigenvalue weighted by Crippen LogP contribution is 2.05. The first-order chi connectivity index (χ1) is 7.92. The third-order valence-electron chi connectivity index (χ3n) is 2.52. The fourth-order valence-corrected chi connectivity index (χ4v) is 1.74. The monoisotopic (exact) mass is 259 g/mol. The quantitative estimate of drug-likeness (QED) is 0.712. The second kappa shape index (κ2) is 8.28. The molecule has 0 saturated heterocycles. The Hall–Kier alpha value is -0.840. The maximum absolute atomic E-state index is 12.2. The molecule has 0 atom stereocenters. The number of thiocarbonyl (C=S) groups is 1. The predicted molar refractivity (Wildman–Crippen MR) is 76.1 cm³/mol. The summed E-state index contributed by atoms with van der Waals surface area (Å²) in [6.45, 7) is 11.0. The first-order valence-corrected chi connectivity index (χ1v) is 6.65. The molecule has 0 fully saturated rings. The molecule has 0 spiro atoms. The number of hydrogen-bond acceptors (Lipinski definition) is 2. The lowest BCUT2D eigenvalue weighted by molar-refractivity contribution is 0.153. The van der Waals surface area contributed by atoms with E-state index in [9.17, 15) is 4.79 Å². The van der Waals surface area contributed by atoms with Gasteiger partial charge >= 0.3 is 6.03 Å². The molecule has 0 saturated carbocycles. The third kappa shape index (κ3) is 6.46. The molecule has 0 aromatic carbocycles. The Morgan fingerprint density at radius 3 is 2.12 bits per heavy atom. The normalized spacial score (nSPS) is 10.4. The maximum atomic E-state index is 12.2. The summed E-state index contributed by atoms with van der Waals surface area (Å²) in [6.07, 6.45) is 0.592. The van der Waals surface area contributed by atoms with Gasteiger partial charge in [-0.15, -0.1) is 0 Å². The van der Waals surface area contributed by atoms with E-state index in [2.05, 4.69) is 13.8 Å². The summed E-state index contributed by atoms with van der Waals surface area (Å²) in [5, 5.41) is 0. The van der Waals surface area contributed by atoms with Crippen LogP contribution in [0, 0.1) is 5.92 Å². The lowest BCUT2D eigenvalue weighted by Crippen LogP contribution is -2.45. The van der Waals surface area contributed by atoms with Crippen LogP contribution in [0.15, 0.2) is 0 Å². The fourth-order valence-electron chi connectivity index (χ4n) is 1.65. The summed E-state index contributed by atoms with van der Waals surface area (Å²) in [7, 11) is 0. The molecule has 17 heavy (non-hydrogen) atoms. The summed E-state index contributed by atoms with van der Waals surface area (Å²) in [5.41, 5.74) is 5.49. The molecule has 0 bridgehead atoms. The van der Waals surface area contributed by atoms with E-state index in [1.807, 2.05) is 23.6 Å². The number of hydrogen-bond donors (Lipinski definition) is 1. The molecule has 2 N–H and O–H groups in total. The molecule has 0 aliphatic heterocycles. The molecule has 4 nitrogen and oxygen atoms in total. The van der Waals surface area contributed by atoms with Crippen molar-refractivity contribution in [2.75, 3.05) is 26.2 Å². The smallest absolute Gasteiger partial charge is 0.319 e. The van der Waals surface area contributed by atoms with Crippen LogP contribution in [0.2, 0.25) is 0 Å². The number of amides is 2. The van der Waals surface area contributed by atoms with Crippen LogP contribution in [0.25, 0.3) is 0 Å². The Morgan fingerprint density at radius 2 is 1.76 bits per heavy atom. The van der Waals surface area contributed by atoms with Gasteiger partial charge in [0.1, 0.15) is 0 Å². The minimum Gasteiger partial charge on any atom is -0.393 e. The van der Waals surface area contributed by atoms with Gasteiger partial charge in [-0.25, -0.2) is 4.79 Å². The first kappa shape index (κ1) is 16.2. The van der Waals surface area contributed by atoms with Gasteiger partial charge < -0.3 is 15.5 Å². The second-order valence-corrected chi connectivity index (χ2v) is 5.04. The number of urea groups is 1. The van der Waals surface area contributed by atoms with Crippen LogP contribution in [0.4, 0.5) is 4.79 Å². The minimum atomic E-state index is 0.0833. The van der Waals surface area contributed by atoms with E-state index in [1.54, 1.807) is 0 Å². The molecule has 0 aromatic rings. The zero-order valence-electron chi connectivity index (χ0n) is 11.4. The van der Waals surface area contributed by atoms with Crippen molar-refractivity contribution in [3.63, 3.8) is 0 Å². The number of nitrogens with zero attached hydrogens (tertiary/aromatic N) is 2. The average Bonchev–Trinajstić information content (AvgIpc) is 2.25. The molecule has 100 valence electrons. The molecule has 0 aromatic heterocycles. The standard InChI is InChI=1S/C12H25N3OS/c1-5-14(6-2)12(16)15(9-10(3)4)8-7-11(13)17/h10H,5-9H2,1-4H3,(H2,13,17). The number of carbonyl (C=O) groups is 1. The Bertz CT molecular complexity index is 252. The molecule has 0 radical (unpaired) electrons. The van der Waals surface area contributed by atoms with Crippen molar-refractivity contribution in [1.82, 2.24) is 9.80 Å². The van der Waals surface area contributed by atoms with E-state index in [0.717, 1.165) is 19.6 Å². The molecule has 0 unspecified atom stereocenters. The number of carbonyl (C=O) groups excluding carboxylic acids is 1. The molecule has 0 heterocycles. The summed E-state index contributed by atoms with van der Waals surface area (Å²) < 4.78 is 0. The van der Waals surface area contributed by atoms with Crippen LogP contribution in [-0.4, -0.2) is 47.0 Å². The lowest BCUT2D eigenvalue weighted by Gasteiger charge is -2.30. The SMILES string of the molecule is CCN(CC)C(=O)N(CCC(N)=S)CC(C)C. The predicted octanol–water partition coefficient (Wildman–Crippen LogP) is 2.08. The highest BCUT2D eigenvalue weighted by molar-refractivity contribution is 7.80. The van der Waals surface area contributed by atoms with Gasteiger partial charge in [0.05, 0.1) is 4.99 Å². The zero-order chi connectivity index (χ0) is 13.4. The van der Waals surface area contributed by atoms with Crippen LogP contribution in [-0.2, 0) is 0 Å². The summed E-state index contributed by atoms with van der Waals surface area (Å²) in [6, 6.07) is 0.0833. The van der Waals surface area contributed by atoms with Crippen molar-refractivity contribution in [3.8, 4) is 0 Å². The van der Waals surface area contributed by atoms with E-state index >= 15 is 0 Å². The molecule has 0 aliphatic rings. The summed E-state index contributed by atoms with van der Waals surface area (Å²) in [4.78, 5) is 16.4. The Labute approximate surface area is 110 Å². The Morgan fingerprint density at radius 1 is 1.24 bits per heavy atom. The second-order valence-electron chi connectivity index (χ2n) is 4.51. The van der Waals surface area contributed by atoms with E-state index in [1.165, 1.54) is 0 Å². The van der Waals surface area contributed by atoms with Gasteiger partial charge in [-0.05, 0) is 19.8 Å². The van der Waals surface area contributed by atoms with Gasteiger partial charge in [0.25, 0.3) is 0 Å². The summed E-state index contributed by atoms with van der Waals surface area (Å²) in [5.74, 6) is 0.445. The summed E-state index contributed by atoms with van der Waals surface area (Å²) >= 11 is 4.86. The van der Waals surface area contributed by atoms with Gasteiger partial charge in [-0.1, -0.05) is 26.1 Å². The largest absolute Gasteiger partial charge is 0.393 e. The average molecular weight is 259 g/mol. The topological polar surface area (TPSA) is 49.6 Å². The van der Waals surface area contributed by atoms with Gasteiger partial charge in [0.15, 0.2) is 0 Å². The molecular formula is C12H25N3OS. The van der Waals surface area contributed by atoms with E-state index < -0.39 is 0 Å². The van der Waals surface area contributed by atoms with E-state index in [4.69, 9.17) is 18.0 Å². The molecule has 0 rings (SSSR count). The molecular weight excluding hydrogens is 234 g/mol. The van der Waals surface area contributed by atoms with Gasteiger partial charge in [0.2, 0.25) is 0 Å². The Balaban J connectivity index is 4.53. The zero-order valence-corrected chi connectivity index (χ0v) is 12.2. The molecule has 5 heteroatoms. The number of rotatable bonds is 7. The molecule has 0 aliphatic carbocycles. The van der Waals surface area contributed by atoms with Crippen molar-refractivity contribution in [3.05, 3.63) is 0 Å². The van der Waals surface area contributed by atoms with Gasteiger partial charge in [0, 0.05) is 32.6 Å². The number of nitrogens with two attached hydrogens (primary N) is 1. The highest BCUT2D eigenvalue weighted by atomic mass is 32.1. The van der Waals surface area contributed by atoms with Crippen molar-refractivity contribution in [2.45, 2.75) is 34.1 Å². The van der Waals surface area contributed by atoms with E-state index in [-0.39, 0.29) is 6.03 Å². The van der Waals surface area contributed by atoms with Crippen molar-refractivity contribution < 1.29 is 4.79 Å². The lowest BCUT2D eigenvalue weighted by atomic mass is 10.2. The minimum absolute atomic E-state index is 0.0833. The van der Waals surface area contributed by atoms with Crippen LogP contribution in [0.5, 0.6) is 0 Å². The first-order valence-electron chi connectivity index (χ1n) is 6.24. The van der Waals surface area contributed by atoms with Crippen molar-refractivity contribution in [2.24, 2.45) is 11.7 Å². The highest BCUT2D eigenvalue weighted by Gasteiger charge is 2.19. The van der Waals surface area contributed by atoms with Gasteiger partial charge in [-0.3, -0.25) is 0 Å².